The predicted molar refractivity (Wildman–Crippen MR) is 137 cm³/mol. The number of ether oxygens (including phenoxy) is 1. The van der Waals surface area contributed by atoms with Gasteiger partial charge >= 0.3 is 12.1 Å². The van der Waals surface area contributed by atoms with Crippen molar-refractivity contribution < 1.29 is 14.3 Å². The van der Waals surface area contributed by atoms with Crippen LogP contribution in [0.1, 0.15) is 6.92 Å². The SMILES string of the molecule is CCOc1ccc2c(NC(=O)N3CCNCC3)c3cc(NC(=O)N4CCNCC4)ccc3nc2c1. The van der Waals surface area contributed by atoms with Gasteiger partial charge in [-0.1, -0.05) is 0 Å². The maximum atomic E-state index is 13.2. The number of carbonyl (C=O) groups excluding carboxylic acids is 2. The minimum Gasteiger partial charge on any atom is -0.494 e. The van der Waals surface area contributed by atoms with Gasteiger partial charge in [0.05, 0.1) is 23.3 Å². The van der Waals surface area contributed by atoms with Crippen LogP contribution < -0.4 is 26.0 Å². The van der Waals surface area contributed by atoms with Crippen molar-refractivity contribution in [3.63, 3.8) is 0 Å². The number of urea groups is 2. The Kier molecular flexibility index (Phi) is 6.82. The van der Waals surface area contributed by atoms with Crippen molar-refractivity contribution in [1.29, 1.82) is 0 Å². The van der Waals surface area contributed by atoms with Gasteiger partial charge < -0.3 is 35.8 Å². The molecule has 0 saturated carbocycles. The van der Waals surface area contributed by atoms with Gasteiger partial charge in [0.1, 0.15) is 5.75 Å². The van der Waals surface area contributed by atoms with Crippen LogP contribution in [0.15, 0.2) is 36.4 Å². The molecule has 0 spiro atoms. The number of carbonyl (C=O) groups is 2. The molecule has 3 heterocycles. The van der Waals surface area contributed by atoms with Crippen LogP contribution in [0, 0.1) is 0 Å². The van der Waals surface area contributed by atoms with Crippen LogP contribution in [0.3, 0.4) is 0 Å². The zero-order valence-electron chi connectivity index (χ0n) is 19.9. The average molecular weight is 478 g/mol. The smallest absolute Gasteiger partial charge is 0.321 e. The molecule has 5 rings (SSSR count). The molecular weight excluding hydrogens is 446 g/mol. The number of piperazine rings is 2. The molecule has 2 aliphatic rings. The minimum atomic E-state index is -0.149. The summed E-state index contributed by atoms with van der Waals surface area (Å²) in [6, 6.07) is 11.0. The molecule has 35 heavy (non-hydrogen) atoms. The van der Waals surface area contributed by atoms with E-state index in [2.05, 4.69) is 21.3 Å². The molecule has 4 N–H and O–H groups in total. The first-order chi connectivity index (χ1) is 17.1. The molecule has 184 valence electrons. The number of rotatable bonds is 4. The minimum absolute atomic E-state index is 0.132. The fourth-order valence-electron chi connectivity index (χ4n) is 4.52. The van der Waals surface area contributed by atoms with E-state index in [1.54, 1.807) is 9.80 Å². The summed E-state index contributed by atoms with van der Waals surface area (Å²) in [4.78, 5) is 34.3. The summed E-state index contributed by atoms with van der Waals surface area (Å²) in [5, 5.41) is 14.2. The topological polar surface area (TPSA) is 111 Å². The highest BCUT2D eigenvalue weighted by Crippen LogP contribution is 2.34. The lowest BCUT2D eigenvalue weighted by atomic mass is 10.1. The lowest BCUT2D eigenvalue weighted by Gasteiger charge is -2.28. The van der Waals surface area contributed by atoms with Crippen LogP contribution in [0.5, 0.6) is 5.75 Å². The van der Waals surface area contributed by atoms with E-state index >= 15 is 0 Å². The zero-order valence-corrected chi connectivity index (χ0v) is 19.9. The molecular formula is C25H31N7O3. The van der Waals surface area contributed by atoms with Gasteiger partial charge in [0.15, 0.2) is 0 Å². The molecule has 2 aromatic carbocycles. The molecule has 10 nitrogen and oxygen atoms in total. The average Bonchev–Trinajstić information content (AvgIpc) is 2.90. The predicted octanol–water partition coefficient (Wildman–Crippen LogP) is 2.66. The third kappa shape index (κ3) is 5.08. The quantitative estimate of drug-likeness (QED) is 0.430. The van der Waals surface area contributed by atoms with Gasteiger partial charge in [-0.25, -0.2) is 14.6 Å². The second-order valence-electron chi connectivity index (χ2n) is 8.67. The summed E-state index contributed by atoms with van der Waals surface area (Å²) in [5.41, 5.74) is 2.79. The van der Waals surface area contributed by atoms with Crippen molar-refractivity contribution >= 4 is 45.2 Å². The lowest BCUT2D eigenvalue weighted by Crippen LogP contribution is -2.48. The molecule has 1 aromatic heterocycles. The molecule has 2 saturated heterocycles. The number of nitrogens with one attached hydrogen (secondary N) is 4. The summed E-state index contributed by atoms with van der Waals surface area (Å²) in [6.07, 6.45) is 0. The van der Waals surface area contributed by atoms with Crippen LogP contribution in [0.4, 0.5) is 21.0 Å². The van der Waals surface area contributed by atoms with Crippen molar-refractivity contribution in [2.24, 2.45) is 0 Å². The molecule has 0 unspecified atom stereocenters. The second kappa shape index (κ2) is 10.3. The van der Waals surface area contributed by atoms with Crippen molar-refractivity contribution in [1.82, 2.24) is 25.4 Å². The van der Waals surface area contributed by atoms with Crippen LogP contribution in [-0.2, 0) is 0 Å². The number of aromatic nitrogens is 1. The fourth-order valence-corrected chi connectivity index (χ4v) is 4.52. The molecule has 0 atom stereocenters. The second-order valence-corrected chi connectivity index (χ2v) is 8.67. The van der Waals surface area contributed by atoms with Crippen LogP contribution in [-0.4, -0.2) is 85.8 Å². The molecule has 10 heteroatoms. The van der Waals surface area contributed by atoms with E-state index in [9.17, 15) is 9.59 Å². The highest BCUT2D eigenvalue weighted by molar-refractivity contribution is 6.13. The Labute approximate surface area is 204 Å². The maximum absolute atomic E-state index is 13.2. The Morgan fingerprint density at radius 2 is 1.51 bits per heavy atom. The number of nitrogens with zero attached hydrogens (tertiary/aromatic N) is 3. The summed E-state index contributed by atoms with van der Waals surface area (Å²) >= 11 is 0. The monoisotopic (exact) mass is 477 g/mol. The van der Waals surface area contributed by atoms with Crippen molar-refractivity contribution in [3.05, 3.63) is 36.4 Å². The Morgan fingerprint density at radius 3 is 2.17 bits per heavy atom. The number of anilines is 2. The fraction of sp³-hybridized carbons (Fsp3) is 0.400. The highest BCUT2D eigenvalue weighted by atomic mass is 16.5. The summed E-state index contributed by atoms with van der Waals surface area (Å²) in [7, 11) is 0. The van der Waals surface area contributed by atoms with E-state index in [0.29, 0.717) is 44.2 Å². The van der Waals surface area contributed by atoms with Gasteiger partial charge in [0.2, 0.25) is 0 Å². The standard InChI is InChI=1S/C25H31N7O3/c1-2-35-18-4-5-19-22(16-18)29-21-6-3-17(28-24(33)31-11-7-26-8-12-31)15-20(21)23(19)30-25(34)32-13-9-27-10-14-32/h3-6,15-16,26-27H,2,7-14H2,1H3,(H,28,33)(H,29,30,34). The van der Waals surface area contributed by atoms with Gasteiger partial charge in [-0.15, -0.1) is 0 Å². The largest absolute Gasteiger partial charge is 0.494 e. The molecule has 4 amide bonds. The number of hydrogen-bond donors (Lipinski definition) is 4. The van der Waals surface area contributed by atoms with Gasteiger partial charge in [0.25, 0.3) is 0 Å². The van der Waals surface area contributed by atoms with E-state index < -0.39 is 0 Å². The first kappa shape index (κ1) is 23.1. The van der Waals surface area contributed by atoms with E-state index in [1.807, 2.05) is 43.3 Å². The molecule has 0 bridgehead atoms. The first-order valence-electron chi connectivity index (χ1n) is 12.2. The van der Waals surface area contributed by atoms with Gasteiger partial charge in [-0.3, -0.25) is 0 Å². The van der Waals surface area contributed by atoms with Crippen molar-refractivity contribution in [2.45, 2.75) is 6.92 Å². The maximum Gasteiger partial charge on any atom is 0.321 e. The molecule has 2 fully saturated rings. The molecule has 0 radical (unpaired) electrons. The third-order valence-electron chi connectivity index (χ3n) is 6.35. The third-order valence-corrected chi connectivity index (χ3v) is 6.35. The number of pyridine rings is 1. The summed E-state index contributed by atoms with van der Waals surface area (Å²) in [5.74, 6) is 0.728. The Morgan fingerprint density at radius 1 is 0.857 bits per heavy atom. The Hall–Kier alpha value is -3.63. The lowest BCUT2D eigenvalue weighted by molar-refractivity contribution is 0.203. The Bertz CT molecular complexity index is 1240. The summed E-state index contributed by atoms with van der Waals surface area (Å²) in [6.45, 7) is 8.23. The number of amides is 4. The van der Waals surface area contributed by atoms with E-state index in [-0.39, 0.29) is 12.1 Å². The highest BCUT2D eigenvalue weighted by Gasteiger charge is 2.20. The number of benzene rings is 2. The van der Waals surface area contributed by atoms with Crippen LogP contribution in [0.25, 0.3) is 21.8 Å². The van der Waals surface area contributed by atoms with E-state index in [4.69, 9.17) is 9.72 Å². The van der Waals surface area contributed by atoms with Crippen molar-refractivity contribution in [2.75, 3.05) is 69.6 Å². The summed E-state index contributed by atoms with van der Waals surface area (Å²) < 4.78 is 5.66. The van der Waals surface area contributed by atoms with Crippen molar-refractivity contribution in [3.8, 4) is 5.75 Å². The molecule has 2 aliphatic heterocycles. The first-order valence-corrected chi connectivity index (χ1v) is 12.2. The number of fused-ring (bicyclic) bond motifs is 2. The molecule has 3 aromatic rings. The van der Waals surface area contributed by atoms with Gasteiger partial charge in [-0.05, 0) is 37.3 Å². The zero-order chi connectivity index (χ0) is 24.2. The van der Waals surface area contributed by atoms with Gasteiger partial charge in [0, 0.05) is 74.9 Å². The molecule has 0 aliphatic carbocycles. The normalized spacial score (nSPS) is 16.4. The number of hydrogen-bond acceptors (Lipinski definition) is 6. The van der Waals surface area contributed by atoms with Gasteiger partial charge in [-0.2, -0.15) is 0 Å². The van der Waals surface area contributed by atoms with Crippen LogP contribution in [0.2, 0.25) is 0 Å². The van der Waals surface area contributed by atoms with E-state index in [1.165, 1.54) is 0 Å². The van der Waals surface area contributed by atoms with E-state index in [0.717, 1.165) is 53.7 Å². The van der Waals surface area contributed by atoms with Crippen LogP contribution >= 0.6 is 0 Å². The Balaban J connectivity index is 1.53.